The number of nitrogens with one attached hydrogen (secondary N) is 5. The van der Waals surface area contributed by atoms with Gasteiger partial charge in [-0.25, -0.2) is 0 Å². The number of hydrogen-bond acceptors (Lipinski definition) is 5. The summed E-state index contributed by atoms with van der Waals surface area (Å²) in [5.41, 5.74) is 2.26. The van der Waals surface area contributed by atoms with Gasteiger partial charge in [0.2, 0.25) is 17.7 Å². The van der Waals surface area contributed by atoms with E-state index in [4.69, 9.17) is 23.2 Å². The van der Waals surface area contributed by atoms with Gasteiger partial charge in [-0.3, -0.25) is 19.7 Å². The maximum Gasteiger partial charge on any atom is 0.229 e. The van der Waals surface area contributed by atoms with Crippen molar-refractivity contribution < 1.29 is 14.4 Å². The number of carbonyl (C=O) groups is 3. The van der Waals surface area contributed by atoms with Crippen molar-refractivity contribution >= 4 is 52.3 Å². The minimum atomic E-state index is -0.811. The molecule has 8 nitrogen and oxygen atoms in total. The largest absolute Gasteiger partial charge is 0.353 e. The van der Waals surface area contributed by atoms with Crippen LogP contribution < -0.4 is 26.6 Å². The fourth-order valence-electron chi connectivity index (χ4n) is 3.83. The van der Waals surface area contributed by atoms with E-state index in [1.807, 2.05) is 19.1 Å². The molecule has 2 aromatic carbocycles. The number of hydrogen-bond donors (Lipinski definition) is 5. The molecule has 2 aliphatic heterocycles. The zero-order valence-electron chi connectivity index (χ0n) is 16.5. The lowest BCUT2D eigenvalue weighted by Gasteiger charge is -2.43. The molecule has 3 amide bonds. The lowest BCUT2D eigenvalue weighted by atomic mass is 9.81. The van der Waals surface area contributed by atoms with Crippen molar-refractivity contribution in [3.8, 4) is 0 Å². The first-order valence-corrected chi connectivity index (χ1v) is 10.5. The van der Waals surface area contributed by atoms with Gasteiger partial charge < -0.3 is 21.3 Å². The predicted octanol–water partition coefficient (Wildman–Crippen LogP) is 2.43. The van der Waals surface area contributed by atoms with Crippen molar-refractivity contribution in [1.82, 2.24) is 16.0 Å². The van der Waals surface area contributed by atoms with Gasteiger partial charge in [0.25, 0.3) is 0 Å². The Labute approximate surface area is 189 Å². The SMILES string of the molecule is Cc1ccc(NC(=O)C2CC(=O)NC3NC(Nc4cc(Cl)cc(Cl)c4)NC(=O)C32)cc1. The smallest absolute Gasteiger partial charge is 0.229 e. The van der Waals surface area contributed by atoms with Crippen molar-refractivity contribution in [3.05, 3.63) is 58.1 Å². The van der Waals surface area contributed by atoms with Gasteiger partial charge in [-0.05, 0) is 37.3 Å². The Hall–Kier alpha value is -2.81. The Morgan fingerprint density at radius 1 is 1.00 bits per heavy atom. The third-order valence-corrected chi connectivity index (χ3v) is 5.72. The highest BCUT2D eigenvalue weighted by Crippen LogP contribution is 2.29. The lowest BCUT2D eigenvalue weighted by Crippen LogP contribution is -2.72. The predicted molar refractivity (Wildman–Crippen MR) is 118 cm³/mol. The molecule has 10 heteroatoms. The molecule has 2 heterocycles. The van der Waals surface area contributed by atoms with Crippen LogP contribution in [-0.4, -0.2) is 30.2 Å². The summed E-state index contributed by atoms with van der Waals surface area (Å²) in [4.78, 5) is 38.1. The van der Waals surface area contributed by atoms with Crippen molar-refractivity contribution in [1.29, 1.82) is 0 Å². The minimum Gasteiger partial charge on any atom is -0.353 e. The van der Waals surface area contributed by atoms with Gasteiger partial charge in [-0.15, -0.1) is 0 Å². The maximum atomic E-state index is 12.9. The van der Waals surface area contributed by atoms with Gasteiger partial charge in [0, 0.05) is 27.8 Å². The molecule has 2 aliphatic rings. The quantitative estimate of drug-likeness (QED) is 0.480. The average molecular weight is 462 g/mol. The topological polar surface area (TPSA) is 111 Å². The van der Waals surface area contributed by atoms with Gasteiger partial charge in [-0.2, -0.15) is 0 Å². The number of halogens is 2. The molecule has 0 spiro atoms. The molecule has 2 aromatic rings. The van der Waals surface area contributed by atoms with Crippen LogP contribution in [0.25, 0.3) is 0 Å². The number of benzene rings is 2. The number of aryl methyl sites for hydroxylation is 1. The lowest BCUT2D eigenvalue weighted by molar-refractivity contribution is -0.144. The first kappa shape index (κ1) is 21.4. The van der Waals surface area contributed by atoms with Crippen LogP contribution in [0.2, 0.25) is 10.0 Å². The summed E-state index contributed by atoms with van der Waals surface area (Å²) in [5.74, 6) is -2.60. The van der Waals surface area contributed by atoms with Gasteiger partial charge >= 0.3 is 0 Å². The van der Waals surface area contributed by atoms with Crippen LogP contribution in [0.1, 0.15) is 12.0 Å². The van der Waals surface area contributed by atoms with Crippen LogP contribution in [0.15, 0.2) is 42.5 Å². The van der Waals surface area contributed by atoms with Crippen LogP contribution in [-0.2, 0) is 14.4 Å². The summed E-state index contributed by atoms with van der Waals surface area (Å²) < 4.78 is 0. The zero-order chi connectivity index (χ0) is 22.1. The van der Waals surface area contributed by atoms with Gasteiger partial charge in [0.05, 0.1) is 18.0 Å². The third-order valence-electron chi connectivity index (χ3n) is 5.28. The Bertz CT molecular complexity index is 1010. The molecule has 2 saturated heterocycles. The molecule has 4 unspecified atom stereocenters. The van der Waals surface area contributed by atoms with E-state index >= 15 is 0 Å². The van der Waals surface area contributed by atoms with Crippen LogP contribution in [0.4, 0.5) is 11.4 Å². The number of anilines is 2. The average Bonchev–Trinajstić information content (AvgIpc) is 2.68. The number of rotatable bonds is 4. The van der Waals surface area contributed by atoms with Crippen LogP contribution in [0.3, 0.4) is 0 Å². The van der Waals surface area contributed by atoms with E-state index < -0.39 is 24.3 Å². The van der Waals surface area contributed by atoms with E-state index in [2.05, 4.69) is 26.6 Å². The van der Waals surface area contributed by atoms with Crippen molar-refractivity contribution in [2.24, 2.45) is 11.8 Å². The fourth-order valence-corrected chi connectivity index (χ4v) is 4.36. The molecule has 0 radical (unpaired) electrons. The highest BCUT2D eigenvalue weighted by molar-refractivity contribution is 6.35. The standard InChI is InChI=1S/C21H21Cl2N5O3/c1-10-2-4-13(5-3-10)24-19(30)15-9-16(29)26-18-17(15)20(31)28-21(27-18)25-14-7-11(22)6-12(23)8-14/h2-8,15,17-18,21,25,27H,9H2,1H3,(H,24,30)(H,26,29)(H,28,31). The Kier molecular flexibility index (Phi) is 6.04. The fraction of sp³-hybridized carbons (Fsp3) is 0.286. The second-order valence-corrected chi connectivity index (χ2v) is 8.52. The van der Waals surface area contributed by atoms with Crippen molar-refractivity contribution in [2.75, 3.05) is 10.6 Å². The second-order valence-electron chi connectivity index (χ2n) is 7.65. The Morgan fingerprint density at radius 3 is 2.35 bits per heavy atom. The van der Waals surface area contributed by atoms with E-state index in [-0.39, 0.29) is 24.1 Å². The normalized spacial score (nSPS) is 25.1. The summed E-state index contributed by atoms with van der Waals surface area (Å²) in [6.07, 6.45) is -1.48. The van der Waals surface area contributed by atoms with Gasteiger partial charge in [0.1, 0.15) is 0 Å². The molecule has 0 saturated carbocycles. The molecule has 0 aromatic heterocycles. The number of amides is 3. The Morgan fingerprint density at radius 2 is 1.68 bits per heavy atom. The van der Waals surface area contributed by atoms with Gasteiger partial charge in [-0.1, -0.05) is 40.9 Å². The van der Waals surface area contributed by atoms with Crippen LogP contribution in [0, 0.1) is 18.8 Å². The first-order chi connectivity index (χ1) is 14.8. The number of fused-ring (bicyclic) bond motifs is 1. The molecule has 4 rings (SSSR count). The molecular formula is C21H21Cl2N5O3. The zero-order valence-corrected chi connectivity index (χ0v) is 18.1. The summed E-state index contributed by atoms with van der Waals surface area (Å²) in [6, 6.07) is 12.2. The minimum absolute atomic E-state index is 0.0735. The molecule has 2 fully saturated rings. The van der Waals surface area contributed by atoms with E-state index in [1.165, 1.54) is 0 Å². The number of carbonyl (C=O) groups excluding carboxylic acids is 3. The molecule has 5 N–H and O–H groups in total. The second kappa shape index (κ2) is 8.74. The summed E-state index contributed by atoms with van der Waals surface area (Å²) >= 11 is 12.0. The van der Waals surface area contributed by atoms with Crippen LogP contribution >= 0.6 is 23.2 Å². The van der Waals surface area contributed by atoms with Crippen molar-refractivity contribution in [3.63, 3.8) is 0 Å². The van der Waals surface area contributed by atoms with Crippen molar-refractivity contribution in [2.45, 2.75) is 25.8 Å². The molecule has 0 aliphatic carbocycles. The Balaban J connectivity index is 1.48. The molecule has 4 atom stereocenters. The third kappa shape index (κ3) is 4.92. The number of piperidine rings is 1. The van der Waals surface area contributed by atoms with E-state index in [0.29, 0.717) is 21.4 Å². The summed E-state index contributed by atoms with van der Waals surface area (Å²) in [5, 5.41) is 15.4. The first-order valence-electron chi connectivity index (χ1n) is 9.74. The van der Waals surface area contributed by atoms with Crippen LogP contribution in [0.5, 0.6) is 0 Å². The summed E-state index contributed by atoms with van der Waals surface area (Å²) in [6.45, 7) is 1.95. The van der Waals surface area contributed by atoms with E-state index in [0.717, 1.165) is 5.56 Å². The highest BCUT2D eigenvalue weighted by atomic mass is 35.5. The summed E-state index contributed by atoms with van der Waals surface area (Å²) in [7, 11) is 0. The maximum absolute atomic E-state index is 12.9. The van der Waals surface area contributed by atoms with E-state index in [9.17, 15) is 14.4 Å². The molecular weight excluding hydrogens is 441 g/mol. The molecule has 31 heavy (non-hydrogen) atoms. The van der Waals surface area contributed by atoms with Gasteiger partial charge in [0.15, 0.2) is 6.29 Å². The van der Waals surface area contributed by atoms with E-state index in [1.54, 1.807) is 30.3 Å². The highest BCUT2D eigenvalue weighted by Gasteiger charge is 2.48. The monoisotopic (exact) mass is 461 g/mol. The molecule has 162 valence electrons. The molecule has 0 bridgehead atoms.